The Morgan fingerprint density at radius 1 is 0.972 bits per heavy atom. The number of nitrogens with two attached hydrogens (primary N) is 1. The standard InChI is InChI=1S/C24H38N4O7S/c1-5-13(2)19(25)22(32)27-18(12-15-6-8-16(30)9-7-15)21(31)28-20(14(3)29)23(33)26-17(24(34)35)10-11-36-4/h6-9,13-14,17-20,29-30H,5,10-12,25H2,1-4H3,(H,26,33)(H,27,32)(H,28,31)(H,34,35). The Kier molecular flexibility index (Phi) is 13.3. The Bertz CT molecular complexity index is 882. The van der Waals surface area contributed by atoms with Gasteiger partial charge in [0.2, 0.25) is 17.7 Å². The van der Waals surface area contributed by atoms with Crippen LogP contribution >= 0.6 is 11.8 Å². The number of benzene rings is 1. The fourth-order valence-electron chi connectivity index (χ4n) is 3.27. The first kappa shape index (κ1) is 31.2. The first-order chi connectivity index (χ1) is 16.9. The summed E-state index contributed by atoms with van der Waals surface area (Å²) in [5.41, 5.74) is 6.63. The van der Waals surface area contributed by atoms with E-state index in [1.54, 1.807) is 18.4 Å². The second-order valence-electron chi connectivity index (χ2n) is 8.75. The Hall–Kier alpha value is -2.83. The molecule has 202 valence electrons. The zero-order chi connectivity index (χ0) is 27.4. The van der Waals surface area contributed by atoms with Gasteiger partial charge in [0.15, 0.2) is 0 Å². The molecule has 6 unspecified atom stereocenters. The second-order valence-corrected chi connectivity index (χ2v) is 9.74. The van der Waals surface area contributed by atoms with Gasteiger partial charge >= 0.3 is 5.97 Å². The van der Waals surface area contributed by atoms with E-state index in [9.17, 15) is 34.5 Å². The van der Waals surface area contributed by atoms with E-state index in [1.807, 2.05) is 13.8 Å². The van der Waals surface area contributed by atoms with Crippen LogP contribution in [0, 0.1) is 5.92 Å². The van der Waals surface area contributed by atoms with Gasteiger partial charge in [-0.3, -0.25) is 14.4 Å². The van der Waals surface area contributed by atoms with Gasteiger partial charge in [-0.15, -0.1) is 0 Å². The molecule has 12 heteroatoms. The summed E-state index contributed by atoms with van der Waals surface area (Å²) in [5.74, 6) is -3.03. The van der Waals surface area contributed by atoms with Crippen molar-refractivity contribution >= 4 is 35.5 Å². The number of rotatable bonds is 15. The zero-order valence-electron chi connectivity index (χ0n) is 21.1. The van der Waals surface area contributed by atoms with Crippen molar-refractivity contribution in [2.24, 2.45) is 11.7 Å². The first-order valence-electron chi connectivity index (χ1n) is 11.8. The number of hydrogen-bond donors (Lipinski definition) is 7. The molecule has 0 aromatic heterocycles. The molecule has 0 aliphatic rings. The molecule has 6 atom stereocenters. The van der Waals surface area contributed by atoms with Crippen molar-refractivity contribution in [3.63, 3.8) is 0 Å². The van der Waals surface area contributed by atoms with Gasteiger partial charge in [-0.25, -0.2) is 4.79 Å². The summed E-state index contributed by atoms with van der Waals surface area (Å²) in [6, 6.07) is 1.36. The van der Waals surface area contributed by atoms with Gasteiger partial charge in [0, 0.05) is 6.42 Å². The number of thioether (sulfide) groups is 1. The number of phenolic OH excluding ortho intramolecular Hbond substituents is 1. The summed E-state index contributed by atoms with van der Waals surface area (Å²) in [4.78, 5) is 50.2. The van der Waals surface area contributed by atoms with Crippen LogP contribution in [0.1, 0.15) is 39.2 Å². The highest BCUT2D eigenvalue weighted by molar-refractivity contribution is 7.98. The smallest absolute Gasteiger partial charge is 0.326 e. The van der Waals surface area contributed by atoms with E-state index in [-0.39, 0.29) is 24.5 Å². The van der Waals surface area contributed by atoms with Crippen LogP contribution in [0.15, 0.2) is 24.3 Å². The van der Waals surface area contributed by atoms with Crippen molar-refractivity contribution in [2.75, 3.05) is 12.0 Å². The van der Waals surface area contributed by atoms with Crippen LogP contribution in [0.25, 0.3) is 0 Å². The molecule has 0 spiro atoms. The molecule has 1 aromatic rings. The normalized spacial score (nSPS) is 16.1. The number of aromatic hydroxyl groups is 1. The molecule has 0 aliphatic carbocycles. The molecule has 1 aromatic carbocycles. The van der Waals surface area contributed by atoms with Crippen molar-refractivity contribution in [1.82, 2.24) is 16.0 Å². The highest BCUT2D eigenvalue weighted by atomic mass is 32.2. The Morgan fingerprint density at radius 2 is 1.56 bits per heavy atom. The Labute approximate surface area is 215 Å². The van der Waals surface area contributed by atoms with E-state index < -0.39 is 54.0 Å². The SMILES string of the molecule is CCC(C)C(N)C(=O)NC(Cc1ccc(O)cc1)C(=O)NC(C(=O)NC(CCSC)C(=O)O)C(C)O. The lowest BCUT2D eigenvalue weighted by Crippen LogP contribution is -2.60. The van der Waals surface area contributed by atoms with Crippen LogP contribution in [0.2, 0.25) is 0 Å². The molecular weight excluding hydrogens is 488 g/mol. The van der Waals surface area contributed by atoms with Gasteiger partial charge in [0.05, 0.1) is 12.1 Å². The summed E-state index contributed by atoms with van der Waals surface area (Å²) >= 11 is 1.42. The number of hydrogen-bond acceptors (Lipinski definition) is 8. The number of aliphatic hydroxyl groups is 1. The van der Waals surface area contributed by atoms with Gasteiger partial charge < -0.3 is 37.0 Å². The first-order valence-corrected chi connectivity index (χ1v) is 13.1. The van der Waals surface area contributed by atoms with Gasteiger partial charge in [-0.05, 0) is 49.0 Å². The van der Waals surface area contributed by atoms with E-state index in [0.717, 1.165) is 0 Å². The summed E-state index contributed by atoms with van der Waals surface area (Å²) in [6.45, 7) is 4.98. The molecule has 0 fully saturated rings. The molecular formula is C24H38N4O7S. The average Bonchev–Trinajstić information content (AvgIpc) is 2.83. The number of carbonyl (C=O) groups is 4. The van der Waals surface area contributed by atoms with E-state index in [1.165, 1.54) is 30.8 Å². The largest absolute Gasteiger partial charge is 0.508 e. The Morgan fingerprint density at radius 3 is 2.06 bits per heavy atom. The number of carbonyl (C=O) groups excluding carboxylic acids is 3. The molecule has 36 heavy (non-hydrogen) atoms. The third-order valence-corrected chi connectivity index (χ3v) is 6.50. The molecule has 0 saturated carbocycles. The predicted molar refractivity (Wildman–Crippen MR) is 137 cm³/mol. The van der Waals surface area contributed by atoms with E-state index in [2.05, 4.69) is 16.0 Å². The van der Waals surface area contributed by atoms with Gasteiger partial charge in [-0.2, -0.15) is 11.8 Å². The molecule has 11 nitrogen and oxygen atoms in total. The number of nitrogens with one attached hydrogen (secondary N) is 3. The monoisotopic (exact) mass is 526 g/mol. The summed E-state index contributed by atoms with van der Waals surface area (Å²) < 4.78 is 0. The van der Waals surface area contributed by atoms with E-state index >= 15 is 0 Å². The van der Waals surface area contributed by atoms with Crippen LogP contribution in [-0.4, -0.2) is 81.3 Å². The Balaban J connectivity index is 3.10. The third kappa shape index (κ3) is 10.0. The number of amides is 3. The van der Waals surface area contributed by atoms with Crippen molar-refractivity contribution in [3.8, 4) is 5.75 Å². The van der Waals surface area contributed by atoms with Crippen molar-refractivity contribution in [2.45, 2.75) is 70.3 Å². The second kappa shape index (κ2) is 15.3. The van der Waals surface area contributed by atoms with E-state index in [4.69, 9.17) is 5.73 Å². The number of phenols is 1. The maximum Gasteiger partial charge on any atom is 0.326 e. The molecule has 0 bridgehead atoms. The lowest BCUT2D eigenvalue weighted by molar-refractivity contribution is -0.143. The molecule has 0 radical (unpaired) electrons. The fourth-order valence-corrected chi connectivity index (χ4v) is 3.74. The number of aliphatic carboxylic acids is 1. The molecule has 0 heterocycles. The van der Waals surface area contributed by atoms with Crippen molar-refractivity contribution in [3.05, 3.63) is 29.8 Å². The van der Waals surface area contributed by atoms with Crippen molar-refractivity contribution < 1.29 is 34.5 Å². The number of aliphatic hydroxyl groups excluding tert-OH is 1. The lowest BCUT2D eigenvalue weighted by Gasteiger charge is -2.27. The van der Waals surface area contributed by atoms with Gasteiger partial charge in [0.1, 0.15) is 23.9 Å². The molecule has 0 aliphatic heterocycles. The average molecular weight is 527 g/mol. The van der Waals surface area contributed by atoms with Crippen LogP contribution in [-0.2, 0) is 25.6 Å². The van der Waals surface area contributed by atoms with Gasteiger partial charge in [-0.1, -0.05) is 32.4 Å². The summed E-state index contributed by atoms with van der Waals surface area (Å²) in [6.07, 6.45) is 1.28. The molecule has 1 rings (SSSR count). The molecule has 0 saturated heterocycles. The maximum absolute atomic E-state index is 13.2. The highest BCUT2D eigenvalue weighted by Crippen LogP contribution is 2.13. The van der Waals surface area contributed by atoms with Crippen LogP contribution in [0.4, 0.5) is 0 Å². The summed E-state index contributed by atoms with van der Waals surface area (Å²) in [7, 11) is 0. The minimum absolute atomic E-state index is 0.0186. The van der Waals surface area contributed by atoms with Crippen molar-refractivity contribution in [1.29, 1.82) is 0 Å². The maximum atomic E-state index is 13.2. The quantitative estimate of drug-likeness (QED) is 0.165. The minimum atomic E-state index is -1.46. The minimum Gasteiger partial charge on any atom is -0.508 e. The van der Waals surface area contributed by atoms with Gasteiger partial charge in [0.25, 0.3) is 0 Å². The van der Waals surface area contributed by atoms with Crippen LogP contribution < -0.4 is 21.7 Å². The number of carboxylic acid groups (broad SMARTS) is 1. The van der Waals surface area contributed by atoms with Crippen LogP contribution in [0.5, 0.6) is 5.75 Å². The third-order valence-electron chi connectivity index (χ3n) is 5.86. The predicted octanol–water partition coefficient (Wildman–Crippen LogP) is -0.0190. The fraction of sp³-hybridized carbons (Fsp3) is 0.583. The molecule has 3 amide bonds. The lowest BCUT2D eigenvalue weighted by atomic mass is 9.98. The number of carboxylic acids is 1. The van der Waals surface area contributed by atoms with E-state index in [0.29, 0.717) is 17.7 Å². The highest BCUT2D eigenvalue weighted by Gasteiger charge is 2.33. The zero-order valence-corrected chi connectivity index (χ0v) is 21.9. The summed E-state index contributed by atoms with van der Waals surface area (Å²) in [5, 5.41) is 36.5. The topological polar surface area (TPSA) is 191 Å². The van der Waals surface area contributed by atoms with Crippen LogP contribution in [0.3, 0.4) is 0 Å². The molecule has 8 N–H and O–H groups in total.